The van der Waals surface area contributed by atoms with Gasteiger partial charge in [0, 0.05) is 12.6 Å². The zero-order valence-corrected chi connectivity index (χ0v) is 13.0. The van der Waals surface area contributed by atoms with Gasteiger partial charge < -0.3 is 10.4 Å². The Morgan fingerprint density at radius 2 is 2.10 bits per heavy atom. The highest BCUT2D eigenvalue weighted by Gasteiger charge is 2.14. The molecule has 0 amide bonds. The predicted molar refractivity (Wildman–Crippen MR) is 85.5 cm³/mol. The molecule has 1 atom stereocenters. The fourth-order valence-corrected chi connectivity index (χ4v) is 3.17. The van der Waals surface area contributed by atoms with E-state index in [1.165, 1.54) is 44.9 Å². The number of hydrogen-bond donors (Lipinski definition) is 2. The lowest BCUT2D eigenvalue weighted by Crippen LogP contribution is -2.26. The van der Waals surface area contributed by atoms with Crippen LogP contribution in [0.25, 0.3) is 0 Å². The SMILES string of the molecule is CC(CCC1CCCCC1)NCc1cccc(C(=O)O)c1. The van der Waals surface area contributed by atoms with Crippen molar-refractivity contribution in [1.82, 2.24) is 5.32 Å². The first-order valence-electron chi connectivity index (χ1n) is 8.21. The highest BCUT2D eigenvalue weighted by molar-refractivity contribution is 5.87. The molecule has 0 aliphatic heterocycles. The highest BCUT2D eigenvalue weighted by atomic mass is 16.4. The van der Waals surface area contributed by atoms with Gasteiger partial charge in [-0.05, 0) is 43.4 Å². The molecule has 1 aliphatic carbocycles. The monoisotopic (exact) mass is 289 g/mol. The number of nitrogens with one attached hydrogen (secondary N) is 1. The fourth-order valence-electron chi connectivity index (χ4n) is 3.17. The van der Waals surface area contributed by atoms with E-state index >= 15 is 0 Å². The summed E-state index contributed by atoms with van der Waals surface area (Å²) in [5.74, 6) is 0.0699. The first-order valence-corrected chi connectivity index (χ1v) is 8.21. The normalized spacial score (nSPS) is 17.6. The smallest absolute Gasteiger partial charge is 0.335 e. The molecule has 2 rings (SSSR count). The summed E-state index contributed by atoms with van der Waals surface area (Å²) in [4.78, 5) is 10.9. The van der Waals surface area contributed by atoms with Crippen LogP contribution in [0.2, 0.25) is 0 Å². The molecule has 1 unspecified atom stereocenters. The van der Waals surface area contributed by atoms with Crippen molar-refractivity contribution in [2.75, 3.05) is 0 Å². The Bertz CT molecular complexity index is 452. The molecule has 1 aromatic carbocycles. The van der Waals surface area contributed by atoms with Crippen LogP contribution >= 0.6 is 0 Å². The van der Waals surface area contributed by atoms with Gasteiger partial charge in [0.15, 0.2) is 0 Å². The van der Waals surface area contributed by atoms with Crippen molar-refractivity contribution in [3.63, 3.8) is 0 Å². The number of carbonyl (C=O) groups is 1. The Hall–Kier alpha value is -1.35. The van der Waals surface area contributed by atoms with Crippen molar-refractivity contribution in [2.24, 2.45) is 5.92 Å². The molecule has 21 heavy (non-hydrogen) atoms. The van der Waals surface area contributed by atoms with E-state index < -0.39 is 5.97 Å². The first kappa shape index (κ1) is 16.0. The molecule has 3 heteroatoms. The van der Waals surface area contributed by atoms with Gasteiger partial charge in [-0.15, -0.1) is 0 Å². The van der Waals surface area contributed by atoms with Gasteiger partial charge in [0.05, 0.1) is 5.56 Å². The summed E-state index contributed by atoms with van der Waals surface area (Å²) in [6.07, 6.45) is 9.60. The van der Waals surface area contributed by atoms with E-state index in [9.17, 15) is 4.79 Å². The van der Waals surface area contributed by atoms with Crippen molar-refractivity contribution < 1.29 is 9.90 Å². The average molecular weight is 289 g/mol. The van der Waals surface area contributed by atoms with Gasteiger partial charge in [-0.25, -0.2) is 4.79 Å². The standard InChI is InChI=1S/C18H27NO2/c1-14(10-11-15-6-3-2-4-7-15)19-13-16-8-5-9-17(12-16)18(20)21/h5,8-9,12,14-15,19H,2-4,6-7,10-11,13H2,1H3,(H,20,21). The maximum Gasteiger partial charge on any atom is 0.335 e. The molecular formula is C18H27NO2. The van der Waals surface area contributed by atoms with Crippen molar-refractivity contribution in [1.29, 1.82) is 0 Å². The third-order valence-electron chi connectivity index (χ3n) is 4.56. The van der Waals surface area contributed by atoms with Crippen LogP contribution in [0.4, 0.5) is 0 Å². The summed E-state index contributed by atoms with van der Waals surface area (Å²) in [6, 6.07) is 7.67. The maximum absolute atomic E-state index is 10.9. The summed E-state index contributed by atoms with van der Waals surface area (Å²) < 4.78 is 0. The summed E-state index contributed by atoms with van der Waals surface area (Å²) in [5.41, 5.74) is 1.41. The van der Waals surface area contributed by atoms with E-state index in [4.69, 9.17) is 5.11 Å². The molecule has 0 spiro atoms. The number of benzene rings is 1. The second kappa shape index (κ2) is 8.18. The number of carboxylic acid groups (broad SMARTS) is 1. The van der Waals surface area contributed by atoms with Crippen molar-refractivity contribution in [3.8, 4) is 0 Å². The van der Waals surface area contributed by atoms with Crippen LogP contribution in [0.1, 0.15) is 67.8 Å². The number of rotatable bonds is 7. The minimum absolute atomic E-state index is 0.365. The zero-order chi connectivity index (χ0) is 15.1. The molecule has 1 aliphatic rings. The topological polar surface area (TPSA) is 49.3 Å². The molecule has 0 heterocycles. The van der Waals surface area contributed by atoms with E-state index in [0.29, 0.717) is 11.6 Å². The summed E-state index contributed by atoms with van der Waals surface area (Å²) in [5, 5.41) is 12.5. The van der Waals surface area contributed by atoms with Crippen molar-refractivity contribution in [2.45, 2.75) is 64.5 Å². The maximum atomic E-state index is 10.9. The third-order valence-corrected chi connectivity index (χ3v) is 4.56. The van der Waals surface area contributed by atoms with Gasteiger partial charge in [-0.3, -0.25) is 0 Å². The quantitative estimate of drug-likeness (QED) is 0.790. The molecule has 1 saturated carbocycles. The Morgan fingerprint density at radius 3 is 2.81 bits per heavy atom. The molecule has 1 fully saturated rings. The van der Waals surface area contributed by atoms with Crippen LogP contribution in [0, 0.1) is 5.92 Å². The number of aromatic carboxylic acids is 1. The lowest BCUT2D eigenvalue weighted by atomic mass is 9.85. The van der Waals surface area contributed by atoms with Crippen LogP contribution in [0.15, 0.2) is 24.3 Å². The van der Waals surface area contributed by atoms with E-state index in [1.807, 2.05) is 12.1 Å². The average Bonchev–Trinajstić information content (AvgIpc) is 2.52. The van der Waals surface area contributed by atoms with Gasteiger partial charge in [-0.1, -0.05) is 44.2 Å². The molecule has 1 aromatic rings. The second-order valence-corrected chi connectivity index (χ2v) is 6.37. The third kappa shape index (κ3) is 5.50. The van der Waals surface area contributed by atoms with Gasteiger partial charge >= 0.3 is 5.97 Å². The molecule has 0 bridgehead atoms. The summed E-state index contributed by atoms with van der Waals surface area (Å²) in [6.45, 7) is 2.97. The molecule has 0 aromatic heterocycles. The molecule has 3 nitrogen and oxygen atoms in total. The largest absolute Gasteiger partial charge is 0.478 e. The summed E-state index contributed by atoms with van der Waals surface area (Å²) in [7, 11) is 0. The van der Waals surface area contributed by atoms with Gasteiger partial charge in [0.25, 0.3) is 0 Å². The number of carboxylic acids is 1. The highest BCUT2D eigenvalue weighted by Crippen LogP contribution is 2.27. The van der Waals surface area contributed by atoms with E-state index in [-0.39, 0.29) is 0 Å². The minimum atomic E-state index is -0.859. The number of hydrogen-bond acceptors (Lipinski definition) is 2. The van der Waals surface area contributed by atoms with Crippen molar-refractivity contribution in [3.05, 3.63) is 35.4 Å². The van der Waals surface area contributed by atoms with Gasteiger partial charge in [-0.2, -0.15) is 0 Å². The lowest BCUT2D eigenvalue weighted by Gasteiger charge is -2.23. The molecule has 0 saturated heterocycles. The van der Waals surface area contributed by atoms with Crippen LogP contribution in [0.3, 0.4) is 0 Å². The Labute approximate surface area is 127 Å². The van der Waals surface area contributed by atoms with Crippen molar-refractivity contribution >= 4 is 5.97 Å². The summed E-state index contributed by atoms with van der Waals surface area (Å²) >= 11 is 0. The van der Waals surface area contributed by atoms with Gasteiger partial charge in [0.2, 0.25) is 0 Å². The van der Waals surface area contributed by atoms with Gasteiger partial charge in [0.1, 0.15) is 0 Å². The zero-order valence-electron chi connectivity index (χ0n) is 13.0. The van der Waals surface area contributed by atoms with E-state index in [0.717, 1.165) is 18.0 Å². The second-order valence-electron chi connectivity index (χ2n) is 6.37. The Balaban J connectivity index is 1.71. The molecule has 2 N–H and O–H groups in total. The Morgan fingerprint density at radius 1 is 1.33 bits per heavy atom. The van der Waals surface area contributed by atoms with E-state index in [2.05, 4.69) is 12.2 Å². The van der Waals surface area contributed by atoms with Crippen LogP contribution in [-0.2, 0) is 6.54 Å². The molecule has 0 radical (unpaired) electrons. The molecular weight excluding hydrogens is 262 g/mol. The van der Waals surface area contributed by atoms with E-state index in [1.54, 1.807) is 12.1 Å². The molecule has 116 valence electrons. The minimum Gasteiger partial charge on any atom is -0.478 e. The van der Waals surface area contributed by atoms with Crippen LogP contribution in [0.5, 0.6) is 0 Å². The van der Waals surface area contributed by atoms with Crippen LogP contribution < -0.4 is 5.32 Å². The Kier molecular flexibility index (Phi) is 6.24. The first-order chi connectivity index (χ1) is 10.1. The van der Waals surface area contributed by atoms with Crippen LogP contribution in [-0.4, -0.2) is 17.1 Å². The lowest BCUT2D eigenvalue weighted by molar-refractivity contribution is 0.0696. The fraction of sp³-hybridized carbons (Fsp3) is 0.611. The predicted octanol–water partition coefficient (Wildman–Crippen LogP) is 4.22.